The van der Waals surface area contributed by atoms with E-state index in [2.05, 4.69) is 56.8 Å². The summed E-state index contributed by atoms with van der Waals surface area (Å²) in [5.74, 6) is 1.20. The number of nitrogens with zero attached hydrogens (tertiary/aromatic N) is 5. The van der Waals surface area contributed by atoms with Gasteiger partial charge in [-0.15, -0.1) is 0 Å². The fourth-order valence-corrected chi connectivity index (χ4v) is 5.39. The second-order valence-electron chi connectivity index (χ2n) is 9.64. The maximum Gasteiger partial charge on any atom is 0.274 e. The number of rotatable bonds is 8. The van der Waals surface area contributed by atoms with Crippen LogP contribution in [0.5, 0.6) is 11.6 Å². The number of fused-ring (bicyclic) bond motifs is 1. The Morgan fingerprint density at radius 1 is 1.11 bits per heavy atom. The fourth-order valence-electron chi connectivity index (χ4n) is 5.39. The van der Waals surface area contributed by atoms with Gasteiger partial charge in [-0.05, 0) is 69.8 Å². The smallest absolute Gasteiger partial charge is 0.274 e. The SMILES string of the molecule is COc1cncc(C(=O)N2CCC(n3ccc4cc(OCCCN5CCC[C@H]5C)ccc43)CC2)n1. The Morgan fingerprint density at radius 2 is 1.97 bits per heavy atom. The average molecular weight is 478 g/mol. The average Bonchev–Trinajstić information content (AvgIpc) is 3.51. The summed E-state index contributed by atoms with van der Waals surface area (Å²) in [5, 5.41) is 1.20. The van der Waals surface area contributed by atoms with E-state index in [-0.39, 0.29) is 5.91 Å². The lowest BCUT2D eigenvalue weighted by atomic mass is 10.0. The molecule has 0 saturated carbocycles. The number of hydrogen-bond donors (Lipinski definition) is 0. The number of piperidine rings is 1. The van der Waals surface area contributed by atoms with E-state index in [1.165, 1.54) is 49.8 Å². The summed E-state index contributed by atoms with van der Waals surface area (Å²) in [6.45, 7) is 6.80. The van der Waals surface area contributed by atoms with E-state index in [9.17, 15) is 4.79 Å². The molecule has 2 aliphatic heterocycles. The highest BCUT2D eigenvalue weighted by molar-refractivity contribution is 5.92. The van der Waals surface area contributed by atoms with Crippen LogP contribution < -0.4 is 9.47 Å². The highest BCUT2D eigenvalue weighted by Crippen LogP contribution is 2.30. The van der Waals surface area contributed by atoms with Crippen molar-refractivity contribution in [1.29, 1.82) is 0 Å². The summed E-state index contributed by atoms with van der Waals surface area (Å²) in [6.07, 6.45) is 10.7. The summed E-state index contributed by atoms with van der Waals surface area (Å²) >= 11 is 0. The zero-order valence-corrected chi connectivity index (χ0v) is 20.7. The third-order valence-electron chi connectivity index (χ3n) is 7.43. The number of hydrogen-bond acceptors (Lipinski definition) is 6. The zero-order valence-electron chi connectivity index (χ0n) is 20.7. The Labute approximate surface area is 206 Å². The van der Waals surface area contributed by atoms with Crippen molar-refractivity contribution in [2.45, 2.75) is 51.1 Å². The predicted octanol–water partition coefficient (Wildman–Crippen LogP) is 4.17. The number of methoxy groups -OCH3 is 1. The van der Waals surface area contributed by atoms with Crippen LogP contribution in [0.2, 0.25) is 0 Å². The van der Waals surface area contributed by atoms with Gasteiger partial charge in [0.15, 0.2) is 5.69 Å². The molecule has 3 aromatic rings. The first kappa shape index (κ1) is 23.6. The molecule has 2 aromatic heterocycles. The molecule has 0 bridgehead atoms. The number of carbonyl (C=O) groups excluding carboxylic acids is 1. The number of carbonyl (C=O) groups is 1. The summed E-state index contributed by atoms with van der Waals surface area (Å²) in [5.41, 5.74) is 1.54. The second-order valence-corrected chi connectivity index (χ2v) is 9.64. The van der Waals surface area contributed by atoms with E-state index in [0.717, 1.165) is 38.2 Å². The lowest BCUT2D eigenvalue weighted by Gasteiger charge is -2.33. The first-order valence-electron chi connectivity index (χ1n) is 12.7. The molecule has 186 valence electrons. The molecule has 8 heteroatoms. The number of benzene rings is 1. The maximum atomic E-state index is 12.9. The van der Waals surface area contributed by atoms with Gasteiger partial charge in [0.1, 0.15) is 5.75 Å². The maximum absolute atomic E-state index is 12.9. The molecule has 5 rings (SSSR count). The van der Waals surface area contributed by atoms with Crippen molar-refractivity contribution in [2.75, 3.05) is 39.9 Å². The van der Waals surface area contributed by atoms with E-state index in [0.29, 0.717) is 36.7 Å². The first-order chi connectivity index (χ1) is 17.1. The zero-order chi connectivity index (χ0) is 24.2. The number of ether oxygens (including phenoxy) is 2. The molecule has 0 unspecified atom stereocenters. The van der Waals surface area contributed by atoms with Crippen molar-refractivity contribution < 1.29 is 14.3 Å². The lowest BCUT2D eigenvalue weighted by molar-refractivity contribution is 0.0688. The van der Waals surface area contributed by atoms with Gasteiger partial charge in [-0.3, -0.25) is 9.78 Å². The van der Waals surface area contributed by atoms with Gasteiger partial charge in [0.2, 0.25) is 5.88 Å². The van der Waals surface area contributed by atoms with Gasteiger partial charge >= 0.3 is 0 Å². The van der Waals surface area contributed by atoms with Crippen LogP contribution in [0.15, 0.2) is 42.9 Å². The van der Waals surface area contributed by atoms with E-state index in [1.807, 2.05) is 4.90 Å². The molecule has 35 heavy (non-hydrogen) atoms. The second kappa shape index (κ2) is 10.6. The van der Waals surface area contributed by atoms with Gasteiger partial charge in [-0.1, -0.05) is 0 Å². The summed E-state index contributed by atoms with van der Waals surface area (Å²) < 4.78 is 13.5. The minimum absolute atomic E-state index is 0.0896. The molecular formula is C27H35N5O3. The van der Waals surface area contributed by atoms with Gasteiger partial charge in [0.05, 0.1) is 26.1 Å². The normalized spacial score (nSPS) is 19.4. The van der Waals surface area contributed by atoms with Crippen molar-refractivity contribution in [3.63, 3.8) is 0 Å². The Morgan fingerprint density at radius 3 is 2.74 bits per heavy atom. The largest absolute Gasteiger partial charge is 0.494 e. The van der Waals surface area contributed by atoms with Crippen LogP contribution >= 0.6 is 0 Å². The fraction of sp³-hybridized carbons (Fsp3) is 0.519. The molecule has 0 spiro atoms. The van der Waals surface area contributed by atoms with Crippen LogP contribution in [0, 0.1) is 0 Å². The standard InChI is InChI=1S/C27H35N5O3/c1-20-5-3-11-30(20)12-4-16-35-23-6-7-25-21(17-23)8-15-32(25)22-9-13-31(14-10-22)27(33)24-18-28-19-26(29-24)34-2/h6-8,15,17-20,22H,3-5,9-14,16H2,1-2H3/t20-/m1/s1. The van der Waals surface area contributed by atoms with Gasteiger partial charge < -0.3 is 23.8 Å². The number of likely N-dealkylation sites (tertiary alicyclic amines) is 2. The van der Waals surface area contributed by atoms with Crippen LogP contribution in [-0.4, -0.2) is 76.2 Å². The predicted molar refractivity (Wildman–Crippen MR) is 135 cm³/mol. The van der Waals surface area contributed by atoms with E-state index >= 15 is 0 Å². The van der Waals surface area contributed by atoms with Gasteiger partial charge in [-0.2, -0.15) is 0 Å². The van der Waals surface area contributed by atoms with E-state index in [4.69, 9.17) is 9.47 Å². The Hall–Kier alpha value is -3.13. The van der Waals surface area contributed by atoms with Gasteiger partial charge in [0, 0.05) is 48.8 Å². The topological polar surface area (TPSA) is 72.7 Å². The molecule has 1 amide bonds. The van der Waals surface area contributed by atoms with Crippen molar-refractivity contribution in [2.24, 2.45) is 0 Å². The molecule has 8 nitrogen and oxygen atoms in total. The van der Waals surface area contributed by atoms with Crippen LogP contribution in [0.4, 0.5) is 0 Å². The van der Waals surface area contributed by atoms with Gasteiger partial charge in [-0.25, -0.2) is 4.98 Å². The Kier molecular flexibility index (Phi) is 7.18. The van der Waals surface area contributed by atoms with Crippen molar-refractivity contribution in [3.05, 3.63) is 48.5 Å². The molecule has 2 aliphatic rings. The number of amides is 1. The molecule has 2 fully saturated rings. The lowest BCUT2D eigenvalue weighted by Crippen LogP contribution is -2.39. The van der Waals surface area contributed by atoms with E-state index < -0.39 is 0 Å². The van der Waals surface area contributed by atoms with Crippen LogP contribution in [0.3, 0.4) is 0 Å². The van der Waals surface area contributed by atoms with Crippen molar-refractivity contribution in [1.82, 2.24) is 24.3 Å². The van der Waals surface area contributed by atoms with Crippen LogP contribution in [0.25, 0.3) is 10.9 Å². The summed E-state index contributed by atoms with van der Waals surface area (Å²) in [4.78, 5) is 25.6. The van der Waals surface area contributed by atoms with E-state index in [1.54, 1.807) is 0 Å². The first-order valence-corrected chi connectivity index (χ1v) is 12.7. The van der Waals surface area contributed by atoms with Crippen molar-refractivity contribution >= 4 is 16.8 Å². The molecule has 4 heterocycles. The molecular weight excluding hydrogens is 442 g/mol. The monoisotopic (exact) mass is 477 g/mol. The van der Waals surface area contributed by atoms with Crippen LogP contribution in [0.1, 0.15) is 55.6 Å². The minimum atomic E-state index is -0.0896. The summed E-state index contributed by atoms with van der Waals surface area (Å²) in [7, 11) is 1.52. The minimum Gasteiger partial charge on any atom is -0.494 e. The molecule has 1 aromatic carbocycles. The van der Waals surface area contributed by atoms with Crippen LogP contribution in [-0.2, 0) is 0 Å². The molecule has 0 N–H and O–H groups in total. The van der Waals surface area contributed by atoms with Gasteiger partial charge in [0.25, 0.3) is 5.91 Å². The Bertz CT molecular complexity index is 1150. The quantitative estimate of drug-likeness (QED) is 0.454. The molecule has 0 radical (unpaired) electrons. The summed E-state index contributed by atoms with van der Waals surface area (Å²) in [6, 6.07) is 9.63. The number of aromatic nitrogens is 3. The van der Waals surface area contributed by atoms with Crippen molar-refractivity contribution in [3.8, 4) is 11.6 Å². The third-order valence-corrected chi connectivity index (χ3v) is 7.43. The molecule has 1 atom stereocenters. The Balaban J connectivity index is 1.15. The highest BCUT2D eigenvalue weighted by atomic mass is 16.5. The molecule has 2 saturated heterocycles. The molecule has 0 aliphatic carbocycles. The highest BCUT2D eigenvalue weighted by Gasteiger charge is 2.26. The third kappa shape index (κ3) is 5.27.